The Morgan fingerprint density at radius 3 is 2.71 bits per heavy atom. The molecule has 0 saturated carbocycles. The summed E-state index contributed by atoms with van der Waals surface area (Å²) in [5.74, 6) is 1.39. The van der Waals surface area contributed by atoms with Gasteiger partial charge >= 0.3 is 0 Å². The predicted octanol–water partition coefficient (Wildman–Crippen LogP) is 3.98. The Morgan fingerprint density at radius 2 is 2.06 bits per heavy atom. The van der Waals surface area contributed by atoms with Crippen LogP contribution in [0.2, 0.25) is 0 Å². The van der Waals surface area contributed by atoms with E-state index < -0.39 is 0 Å². The summed E-state index contributed by atoms with van der Waals surface area (Å²) in [6.07, 6.45) is 5.94. The number of rotatable bonds is 8. The molecule has 0 amide bonds. The minimum Gasteiger partial charge on any atom is -0.428 e. The van der Waals surface area contributed by atoms with Gasteiger partial charge in [-0.25, -0.2) is 0 Å². The second kappa shape index (κ2) is 7.88. The molecule has 0 heterocycles. The van der Waals surface area contributed by atoms with Gasteiger partial charge in [-0.3, -0.25) is 4.79 Å². The van der Waals surface area contributed by atoms with Crippen molar-refractivity contribution in [3.05, 3.63) is 29.8 Å². The van der Waals surface area contributed by atoms with Gasteiger partial charge in [0, 0.05) is 0 Å². The maximum Gasteiger partial charge on any atom is 0.298 e. The Hall–Kier alpha value is -1.31. The summed E-state index contributed by atoms with van der Waals surface area (Å²) in [6, 6.07) is 7.80. The summed E-state index contributed by atoms with van der Waals surface area (Å²) in [4.78, 5) is 10.4. The first-order valence-electron chi connectivity index (χ1n) is 6.50. The molecule has 1 aromatic rings. The Balaban J connectivity index is 2.67. The van der Waals surface area contributed by atoms with Crippen molar-refractivity contribution in [2.75, 3.05) is 0 Å². The van der Waals surface area contributed by atoms with E-state index in [1.165, 1.54) is 25.7 Å². The van der Waals surface area contributed by atoms with Gasteiger partial charge in [0.1, 0.15) is 5.75 Å². The molecule has 0 radical (unpaired) electrons. The largest absolute Gasteiger partial charge is 0.428 e. The van der Waals surface area contributed by atoms with Crippen molar-refractivity contribution in [1.29, 1.82) is 0 Å². The molecule has 0 aromatic heterocycles. The third-order valence-corrected chi connectivity index (χ3v) is 3.20. The third kappa shape index (κ3) is 4.59. The maximum atomic E-state index is 10.4. The molecule has 0 aliphatic heterocycles. The van der Waals surface area contributed by atoms with Gasteiger partial charge in [-0.1, -0.05) is 57.7 Å². The Kier molecular flexibility index (Phi) is 6.38. The van der Waals surface area contributed by atoms with Crippen LogP contribution in [0.3, 0.4) is 0 Å². The van der Waals surface area contributed by atoms with Crippen molar-refractivity contribution in [2.24, 2.45) is 5.92 Å². The minimum atomic E-state index is 0.506. The molecule has 0 fully saturated rings. The average molecular weight is 234 g/mol. The zero-order valence-electron chi connectivity index (χ0n) is 10.8. The SMILES string of the molecule is CCCCC(CC)Cc1ccccc1OC=O. The van der Waals surface area contributed by atoms with Gasteiger partial charge in [-0.05, 0) is 24.0 Å². The lowest BCUT2D eigenvalue weighted by Gasteiger charge is -2.15. The first kappa shape index (κ1) is 13.8. The molecule has 1 aromatic carbocycles. The average Bonchev–Trinajstić information content (AvgIpc) is 2.36. The second-order valence-corrected chi connectivity index (χ2v) is 4.44. The van der Waals surface area contributed by atoms with Crippen LogP contribution in [-0.4, -0.2) is 6.47 Å². The molecule has 0 bridgehead atoms. The molecule has 2 nitrogen and oxygen atoms in total. The van der Waals surface area contributed by atoms with Gasteiger partial charge in [-0.2, -0.15) is 0 Å². The summed E-state index contributed by atoms with van der Waals surface area (Å²) >= 11 is 0. The summed E-state index contributed by atoms with van der Waals surface area (Å²) in [6.45, 7) is 4.95. The topological polar surface area (TPSA) is 26.3 Å². The van der Waals surface area contributed by atoms with E-state index in [1.807, 2.05) is 24.3 Å². The number of hydrogen-bond donors (Lipinski definition) is 0. The number of carbonyl (C=O) groups excluding carboxylic acids is 1. The third-order valence-electron chi connectivity index (χ3n) is 3.20. The highest BCUT2D eigenvalue weighted by molar-refractivity contribution is 5.47. The highest BCUT2D eigenvalue weighted by Gasteiger charge is 2.10. The van der Waals surface area contributed by atoms with Crippen molar-refractivity contribution < 1.29 is 9.53 Å². The zero-order valence-corrected chi connectivity index (χ0v) is 10.8. The molecule has 0 N–H and O–H groups in total. The molecule has 1 rings (SSSR count). The fraction of sp³-hybridized carbons (Fsp3) is 0.533. The van der Waals surface area contributed by atoms with Crippen molar-refractivity contribution in [2.45, 2.75) is 46.0 Å². The minimum absolute atomic E-state index is 0.506. The molecule has 1 unspecified atom stereocenters. The lowest BCUT2D eigenvalue weighted by molar-refractivity contribution is -0.120. The molecular weight excluding hydrogens is 212 g/mol. The number of benzene rings is 1. The number of carbonyl (C=O) groups is 1. The van der Waals surface area contributed by atoms with Gasteiger partial charge in [0.15, 0.2) is 0 Å². The molecule has 0 aliphatic carbocycles. The van der Waals surface area contributed by atoms with Crippen LogP contribution in [0.5, 0.6) is 5.75 Å². The lowest BCUT2D eigenvalue weighted by Crippen LogP contribution is -2.05. The molecular formula is C15H22O2. The van der Waals surface area contributed by atoms with Gasteiger partial charge in [-0.15, -0.1) is 0 Å². The molecule has 0 spiro atoms. The van der Waals surface area contributed by atoms with E-state index in [9.17, 15) is 4.79 Å². The van der Waals surface area contributed by atoms with Crippen LogP contribution in [0, 0.1) is 5.92 Å². The Bertz CT molecular complexity index is 333. The van der Waals surface area contributed by atoms with Crippen molar-refractivity contribution in [3.63, 3.8) is 0 Å². The van der Waals surface area contributed by atoms with E-state index >= 15 is 0 Å². The fourth-order valence-corrected chi connectivity index (χ4v) is 2.09. The van der Waals surface area contributed by atoms with Crippen LogP contribution in [-0.2, 0) is 11.2 Å². The Morgan fingerprint density at radius 1 is 1.29 bits per heavy atom. The van der Waals surface area contributed by atoms with Gasteiger partial charge in [0.05, 0.1) is 0 Å². The number of para-hydroxylation sites is 1. The summed E-state index contributed by atoms with van der Waals surface area (Å²) < 4.78 is 5.01. The molecule has 17 heavy (non-hydrogen) atoms. The summed E-state index contributed by atoms with van der Waals surface area (Å²) in [7, 11) is 0. The van der Waals surface area contributed by atoms with Crippen molar-refractivity contribution >= 4 is 6.47 Å². The maximum absolute atomic E-state index is 10.4. The van der Waals surface area contributed by atoms with Crippen LogP contribution in [0.15, 0.2) is 24.3 Å². The van der Waals surface area contributed by atoms with E-state index in [1.54, 1.807) is 0 Å². The van der Waals surface area contributed by atoms with Crippen LogP contribution < -0.4 is 4.74 Å². The number of hydrogen-bond acceptors (Lipinski definition) is 2. The van der Waals surface area contributed by atoms with E-state index in [0.29, 0.717) is 18.1 Å². The second-order valence-electron chi connectivity index (χ2n) is 4.44. The zero-order chi connectivity index (χ0) is 12.5. The van der Waals surface area contributed by atoms with E-state index in [2.05, 4.69) is 13.8 Å². The highest BCUT2D eigenvalue weighted by Crippen LogP contribution is 2.24. The smallest absolute Gasteiger partial charge is 0.298 e. The van der Waals surface area contributed by atoms with E-state index in [4.69, 9.17) is 4.74 Å². The van der Waals surface area contributed by atoms with Crippen LogP contribution in [0.4, 0.5) is 0 Å². The summed E-state index contributed by atoms with van der Waals surface area (Å²) in [5.41, 5.74) is 1.14. The molecule has 0 saturated heterocycles. The van der Waals surface area contributed by atoms with Crippen LogP contribution in [0.1, 0.15) is 45.1 Å². The lowest BCUT2D eigenvalue weighted by atomic mass is 9.91. The molecule has 0 aliphatic rings. The molecule has 94 valence electrons. The highest BCUT2D eigenvalue weighted by atomic mass is 16.5. The molecule has 1 atom stereocenters. The summed E-state index contributed by atoms with van der Waals surface area (Å²) in [5, 5.41) is 0. The molecule has 2 heteroatoms. The van der Waals surface area contributed by atoms with E-state index in [0.717, 1.165) is 12.0 Å². The normalized spacial score (nSPS) is 12.1. The number of ether oxygens (including phenoxy) is 1. The van der Waals surface area contributed by atoms with Crippen LogP contribution >= 0.6 is 0 Å². The van der Waals surface area contributed by atoms with Crippen molar-refractivity contribution in [3.8, 4) is 5.75 Å². The van der Waals surface area contributed by atoms with Crippen LogP contribution in [0.25, 0.3) is 0 Å². The van der Waals surface area contributed by atoms with Gasteiger partial charge in [0.25, 0.3) is 6.47 Å². The predicted molar refractivity (Wildman–Crippen MR) is 70.1 cm³/mol. The first-order valence-corrected chi connectivity index (χ1v) is 6.50. The van der Waals surface area contributed by atoms with Gasteiger partial charge in [0.2, 0.25) is 0 Å². The van der Waals surface area contributed by atoms with E-state index in [-0.39, 0.29) is 0 Å². The fourth-order valence-electron chi connectivity index (χ4n) is 2.09. The van der Waals surface area contributed by atoms with Crippen molar-refractivity contribution in [1.82, 2.24) is 0 Å². The monoisotopic (exact) mass is 234 g/mol. The number of unbranched alkanes of at least 4 members (excludes halogenated alkanes) is 1. The quantitative estimate of drug-likeness (QED) is 0.636. The Labute approximate surface area is 104 Å². The standard InChI is InChI=1S/C15H22O2/c1-3-5-8-13(4-2)11-14-9-6-7-10-15(14)17-12-16/h6-7,9-10,12-13H,3-5,8,11H2,1-2H3. The first-order chi connectivity index (χ1) is 8.31. The van der Waals surface area contributed by atoms with Gasteiger partial charge < -0.3 is 4.74 Å².